The Labute approximate surface area is 116 Å². The highest BCUT2D eigenvalue weighted by Crippen LogP contribution is 2.52. The summed E-state index contributed by atoms with van der Waals surface area (Å²) >= 11 is 5.93. The maximum Gasteiger partial charge on any atom is 0.182 e. The van der Waals surface area contributed by atoms with E-state index in [1.165, 1.54) is 6.42 Å². The standard InChI is InChI=1S/C13H16ClN5/c1-13(2)6-9(13)7-19-12(16-17-18-19)8-3-4-10(14)11(15)5-8/h3-5,9H,6-7,15H2,1-2H3. The number of anilines is 1. The summed E-state index contributed by atoms with van der Waals surface area (Å²) in [6, 6.07) is 5.47. The van der Waals surface area contributed by atoms with Crippen LogP contribution in [-0.4, -0.2) is 20.2 Å². The van der Waals surface area contributed by atoms with Crippen LogP contribution < -0.4 is 5.73 Å². The molecule has 1 heterocycles. The molecule has 1 fully saturated rings. The third-order valence-corrected chi connectivity index (χ3v) is 4.24. The smallest absolute Gasteiger partial charge is 0.182 e. The molecule has 1 atom stereocenters. The molecule has 0 aliphatic heterocycles. The van der Waals surface area contributed by atoms with E-state index in [9.17, 15) is 0 Å². The fraction of sp³-hybridized carbons (Fsp3) is 0.462. The first-order valence-electron chi connectivity index (χ1n) is 6.29. The van der Waals surface area contributed by atoms with Crippen LogP contribution in [0.15, 0.2) is 18.2 Å². The summed E-state index contributed by atoms with van der Waals surface area (Å²) < 4.78 is 1.85. The van der Waals surface area contributed by atoms with Crippen LogP contribution in [0, 0.1) is 11.3 Å². The summed E-state index contributed by atoms with van der Waals surface area (Å²) in [7, 11) is 0. The Morgan fingerprint density at radius 3 is 2.84 bits per heavy atom. The molecule has 0 amide bonds. The van der Waals surface area contributed by atoms with Crippen molar-refractivity contribution in [2.45, 2.75) is 26.8 Å². The molecule has 1 aliphatic rings. The van der Waals surface area contributed by atoms with E-state index in [-0.39, 0.29) is 0 Å². The van der Waals surface area contributed by atoms with Crippen molar-refractivity contribution in [3.63, 3.8) is 0 Å². The fourth-order valence-corrected chi connectivity index (χ4v) is 2.43. The van der Waals surface area contributed by atoms with Gasteiger partial charge in [0.25, 0.3) is 0 Å². The first kappa shape index (κ1) is 12.4. The van der Waals surface area contributed by atoms with Gasteiger partial charge in [0.05, 0.1) is 10.7 Å². The number of hydrogen-bond acceptors (Lipinski definition) is 4. The van der Waals surface area contributed by atoms with Gasteiger partial charge in [0.15, 0.2) is 5.82 Å². The van der Waals surface area contributed by atoms with E-state index in [4.69, 9.17) is 17.3 Å². The van der Waals surface area contributed by atoms with E-state index in [1.54, 1.807) is 6.07 Å². The van der Waals surface area contributed by atoms with E-state index < -0.39 is 0 Å². The summed E-state index contributed by atoms with van der Waals surface area (Å²) in [5, 5.41) is 12.5. The van der Waals surface area contributed by atoms with Crippen molar-refractivity contribution in [3.8, 4) is 11.4 Å². The molecule has 3 rings (SSSR count). The summed E-state index contributed by atoms with van der Waals surface area (Å²) in [5.41, 5.74) is 7.66. The minimum Gasteiger partial charge on any atom is -0.398 e. The summed E-state index contributed by atoms with van der Waals surface area (Å²) in [5.74, 6) is 1.38. The SMILES string of the molecule is CC1(C)CC1Cn1nnnc1-c1ccc(Cl)c(N)c1. The van der Waals surface area contributed by atoms with Crippen LogP contribution in [0.2, 0.25) is 5.02 Å². The molecular weight excluding hydrogens is 262 g/mol. The number of hydrogen-bond donors (Lipinski definition) is 1. The van der Waals surface area contributed by atoms with Gasteiger partial charge in [0.2, 0.25) is 0 Å². The predicted molar refractivity (Wildman–Crippen MR) is 74.6 cm³/mol. The fourth-order valence-electron chi connectivity index (χ4n) is 2.31. The maximum absolute atomic E-state index is 5.93. The second kappa shape index (κ2) is 4.20. The van der Waals surface area contributed by atoms with Crippen LogP contribution >= 0.6 is 11.6 Å². The van der Waals surface area contributed by atoms with Gasteiger partial charge >= 0.3 is 0 Å². The van der Waals surface area contributed by atoms with Crippen molar-refractivity contribution in [3.05, 3.63) is 23.2 Å². The first-order valence-corrected chi connectivity index (χ1v) is 6.67. The number of nitrogen functional groups attached to an aromatic ring is 1. The lowest BCUT2D eigenvalue weighted by molar-refractivity contribution is 0.467. The van der Waals surface area contributed by atoms with Gasteiger partial charge in [-0.3, -0.25) is 0 Å². The van der Waals surface area contributed by atoms with Gasteiger partial charge in [0, 0.05) is 12.1 Å². The average Bonchev–Trinajstić information content (AvgIpc) is 2.75. The van der Waals surface area contributed by atoms with Crippen LogP contribution in [0.25, 0.3) is 11.4 Å². The van der Waals surface area contributed by atoms with Gasteiger partial charge in [0.1, 0.15) is 0 Å². The summed E-state index contributed by atoms with van der Waals surface area (Å²) in [4.78, 5) is 0. The largest absolute Gasteiger partial charge is 0.398 e. The number of aromatic nitrogens is 4. The normalized spacial score (nSPS) is 20.5. The molecule has 0 spiro atoms. The van der Waals surface area contributed by atoms with Crippen LogP contribution in [0.1, 0.15) is 20.3 Å². The Kier molecular flexibility index (Phi) is 2.74. The molecule has 1 aliphatic carbocycles. The lowest BCUT2D eigenvalue weighted by atomic mass is 10.1. The lowest BCUT2D eigenvalue weighted by Crippen LogP contribution is -2.07. The second-order valence-corrected chi connectivity index (χ2v) is 6.22. The highest BCUT2D eigenvalue weighted by atomic mass is 35.5. The van der Waals surface area contributed by atoms with E-state index in [0.29, 0.717) is 22.0 Å². The van der Waals surface area contributed by atoms with Gasteiger partial charge in [-0.25, -0.2) is 4.68 Å². The van der Waals surface area contributed by atoms with Crippen LogP contribution in [0.4, 0.5) is 5.69 Å². The van der Waals surface area contributed by atoms with E-state index in [2.05, 4.69) is 29.4 Å². The number of halogens is 1. The average molecular weight is 278 g/mol. The number of tetrazole rings is 1. The van der Waals surface area contributed by atoms with Crippen molar-refractivity contribution in [1.82, 2.24) is 20.2 Å². The molecule has 0 bridgehead atoms. The van der Waals surface area contributed by atoms with Crippen molar-refractivity contribution in [2.75, 3.05) is 5.73 Å². The minimum atomic E-state index is 0.405. The van der Waals surface area contributed by atoms with Crippen molar-refractivity contribution >= 4 is 17.3 Å². The highest BCUT2D eigenvalue weighted by molar-refractivity contribution is 6.33. The molecule has 19 heavy (non-hydrogen) atoms. The zero-order chi connectivity index (χ0) is 13.6. The molecule has 1 aromatic heterocycles. The second-order valence-electron chi connectivity index (χ2n) is 5.81. The van der Waals surface area contributed by atoms with Gasteiger partial charge in [-0.05, 0) is 46.4 Å². The molecule has 1 saturated carbocycles. The monoisotopic (exact) mass is 277 g/mol. The number of rotatable bonds is 3. The maximum atomic E-state index is 5.93. The molecule has 2 aromatic rings. The quantitative estimate of drug-likeness (QED) is 0.876. The molecule has 6 heteroatoms. The van der Waals surface area contributed by atoms with Crippen molar-refractivity contribution in [1.29, 1.82) is 0 Å². The van der Waals surface area contributed by atoms with Gasteiger partial charge < -0.3 is 5.73 Å². The molecule has 0 radical (unpaired) electrons. The molecule has 2 N–H and O–H groups in total. The Morgan fingerprint density at radius 1 is 1.47 bits per heavy atom. The first-order chi connectivity index (χ1) is 8.97. The van der Waals surface area contributed by atoms with E-state index >= 15 is 0 Å². The minimum absolute atomic E-state index is 0.405. The van der Waals surface area contributed by atoms with Crippen LogP contribution in [0.3, 0.4) is 0 Å². The topological polar surface area (TPSA) is 69.6 Å². The highest BCUT2D eigenvalue weighted by Gasteiger charge is 2.46. The zero-order valence-corrected chi connectivity index (χ0v) is 11.7. The Balaban J connectivity index is 1.89. The zero-order valence-electron chi connectivity index (χ0n) is 11.0. The summed E-state index contributed by atoms with van der Waals surface area (Å²) in [6.45, 7) is 5.38. The number of nitrogens with zero attached hydrogens (tertiary/aromatic N) is 4. The van der Waals surface area contributed by atoms with Gasteiger partial charge in [-0.2, -0.15) is 0 Å². The summed E-state index contributed by atoms with van der Waals surface area (Å²) in [6.07, 6.45) is 1.22. The van der Waals surface area contributed by atoms with E-state index in [0.717, 1.165) is 17.9 Å². The molecule has 1 unspecified atom stereocenters. The number of benzene rings is 1. The molecule has 100 valence electrons. The van der Waals surface area contributed by atoms with Crippen molar-refractivity contribution in [2.24, 2.45) is 11.3 Å². The van der Waals surface area contributed by atoms with Crippen LogP contribution in [0.5, 0.6) is 0 Å². The van der Waals surface area contributed by atoms with Crippen LogP contribution in [-0.2, 0) is 6.54 Å². The molecule has 1 aromatic carbocycles. The lowest BCUT2D eigenvalue weighted by Gasteiger charge is -2.07. The van der Waals surface area contributed by atoms with E-state index in [1.807, 2.05) is 16.8 Å². The Hall–Kier alpha value is -1.62. The molecular formula is C13H16ClN5. The molecule has 5 nitrogen and oxygen atoms in total. The third kappa shape index (κ3) is 2.30. The van der Waals surface area contributed by atoms with Gasteiger partial charge in [-0.15, -0.1) is 5.10 Å². The third-order valence-electron chi connectivity index (χ3n) is 3.90. The molecule has 0 saturated heterocycles. The predicted octanol–water partition coefficient (Wildman–Crippen LogP) is 2.62. The Bertz CT molecular complexity index is 619. The Morgan fingerprint density at radius 2 is 2.21 bits per heavy atom. The van der Waals surface area contributed by atoms with Gasteiger partial charge in [-0.1, -0.05) is 25.4 Å². The number of nitrogens with two attached hydrogens (primary N) is 1. The van der Waals surface area contributed by atoms with Crippen molar-refractivity contribution < 1.29 is 0 Å².